The lowest BCUT2D eigenvalue weighted by Gasteiger charge is -2.18. The van der Waals surface area contributed by atoms with Gasteiger partial charge in [-0.05, 0) is 36.9 Å². The van der Waals surface area contributed by atoms with E-state index in [9.17, 15) is 13.6 Å². The maximum Gasteiger partial charge on any atom is 0.414 e. The molecule has 5 nitrogen and oxygen atoms in total. The number of nitrogens with zero attached hydrogens (tertiary/aromatic N) is 1. The van der Waals surface area contributed by atoms with Crippen LogP contribution in [0, 0.1) is 11.6 Å². The van der Waals surface area contributed by atoms with E-state index in [-0.39, 0.29) is 24.2 Å². The molecule has 0 unspecified atom stereocenters. The Balaban J connectivity index is 0.00000364. The van der Waals surface area contributed by atoms with Crippen LogP contribution in [0.25, 0.3) is 0 Å². The molecule has 0 saturated carbocycles. The Labute approximate surface area is 163 Å². The summed E-state index contributed by atoms with van der Waals surface area (Å²) in [5.41, 5.74) is 0.992. The maximum absolute atomic E-state index is 13.2. The molecule has 0 fully saturated rings. The number of rotatable bonds is 7. The number of benzene rings is 2. The average molecular weight is 401 g/mol. The molecule has 1 atom stereocenters. The highest BCUT2D eigenvalue weighted by molar-refractivity contribution is 5.85. The van der Waals surface area contributed by atoms with Crippen molar-refractivity contribution in [3.63, 3.8) is 0 Å². The van der Waals surface area contributed by atoms with Gasteiger partial charge >= 0.3 is 6.09 Å². The number of ether oxygens (including phenoxy) is 2. The average Bonchev–Trinajstić information content (AvgIpc) is 2.62. The zero-order valence-electron chi connectivity index (χ0n) is 15.4. The van der Waals surface area contributed by atoms with Gasteiger partial charge < -0.3 is 19.7 Å². The van der Waals surface area contributed by atoms with Gasteiger partial charge in [-0.3, -0.25) is 0 Å². The number of hydrogen-bond acceptors (Lipinski definition) is 4. The monoisotopic (exact) mass is 400 g/mol. The van der Waals surface area contributed by atoms with E-state index in [4.69, 9.17) is 9.47 Å². The highest BCUT2D eigenvalue weighted by Crippen LogP contribution is 2.22. The third kappa shape index (κ3) is 6.69. The lowest BCUT2D eigenvalue weighted by Crippen LogP contribution is -2.25. The highest BCUT2D eigenvalue weighted by Gasteiger charge is 2.12. The Morgan fingerprint density at radius 1 is 1.07 bits per heavy atom. The summed E-state index contributed by atoms with van der Waals surface area (Å²) < 4.78 is 36.7. The van der Waals surface area contributed by atoms with Gasteiger partial charge in [0.2, 0.25) is 0 Å². The Hall–Kier alpha value is -2.38. The van der Waals surface area contributed by atoms with E-state index in [2.05, 4.69) is 5.32 Å². The number of hydrogen-bond donors (Lipinski definition) is 1. The van der Waals surface area contributed by atoms with Gasteiger partial charge in [0, 0.05) is 32.6 Å². The fraction of sp³-hybridized carbons (Fsp3) is 0.316. The summed E-state index contributed by atoms with van der Waals surface area (Å²) in [6, 6.07) is 10.6. The second kappa shape index (κ2) is 10.7. The molecule has 0 saturated heterocycles. The van der Waals surface area contributed by atoms with Crippen molar-refractivity contribution in [3.05, 3.63) is 59.7 Å². The molecular weight excluding hydrogens is 378 g/mol. The van der Waals surface area contributed by atoms with Crippen LogP contribution in [-0.4, -0.2) is 38.7 Å². The van der Waals surface area contributed by atoms with Crippen molar-refractivity contribution in [3.8, 4) is 11.5 Å². The van der Waals surface area contributed by atoms with Crippen LogP contribution in [0.15, 0.2) is 42.5 Å². The quantitative estimate of drug-likeness (QED) is 0.757. The number of carbonyl (C=O) groups excluding carboxylic acids is 1. The van der Waals surface area contributed by atoms with E-state index < -0.39 is 17.7 Å². The summed E-state index contributed by atoms with van der Waals surface area (Å²) in [4.78, 5) is 12.9. The van der Waals surface area contributed by atoms with Crippen LogP contribution in [0.4, 0.5) is 13.6 Å². The fourth-order valence-corrected chi connectivity index (χ4v) is 2.30. The summed E-state index contributed by atoms with van der Waals surface area (Å²) in [6.07, 6.45) is 0.176. The predicted molar refractivity (Wildman–Crippen MR) is 102 cm³/mol. The minimum absolute atomic E-state index is 0. The molecular formula is C19H23ClF2N2O3. The van der Waals surface area contributed by atoms with E-state index in [1.165, 1.54) is 11.0 Å². The zero-order valence-corrected chi connectivity index (χ0v) is 16.2. The minimum Gasteiger partial charge on any atom is -0.493 e. The molecule has 2 rings (SSSR count). The molecule has 148 valence electrons. The summed E-state index contributed by atoms with van der Waals surface area (Å²) in [5.74, 6) is -1.10. The Morgan fingerprint density at radius 2 is 1.70 bits per heavy atom. The van der Waals surface area contributed by atoms with Crippen molar-refractivity contribution >= 4 is 18.5 Å². The second-order valence-corrected chi connectivity index (χ2v) is 5.89. The molecule has 0 bridgehead atoms. The Kier molecular flexibility index (Phi) is 8.97. The zero-order chi connectivity index (χ0) is 19.1. The summed E-state index contributed by atoms with van der Waals surface area (Å²) in [6.45, 7) is 0.327. The van der Waals surface area contributed by atoms with Crippen LogP contribution >= 0.6 is 12.4 Å². The maximum atomic E-state index is 13.2. The molecule has 2 aromatic rings. The Morgan fingerprint density at radius 3 is 2.26 bits per heavy atom. The van der Waals surface area contributed by atoms with Gasteiger partial charge in [0.1, 0.15) is 11.5 Å². The first kappa shape index (κ1) is 22.7. The van der Waals surface area contributed by atoms with Crippen LogP contribution in [0.5, 0.6) is 11.5 Å². The van der Waals surface area contributed by atoms with Crippen LogP contribution < -0.4 is 14.8 Å². The van der Waals surface area contributed by atoms with Crippen molar-refractivity contribution in [1.29, 1.82) is 0 Å². The van der Waals surface area contributed by atoms with Gasteiger partial charge in [0.25, 0.3) is 0 Å². The molecule has 0 aliphatic heterocycles. The van der Waals surface area contributed by atoms with Crippen LogP contribution in [0.2, 0.25) is 0 Å². The lowest BCUT2D eigenvalue weighted by atomic mass is 10.0. The molecule has 0 spiro atoms. The summed E-state index contributed by atoms with van der Waals surface area (Å²) >= 11 is 0. The molecule has 1 N–H and O–H groups in total. The Bertz CT molecular complexity index is 742. The van der Waals surface area contributed by atoms with Crippen LogP contribution in [-0.2, 0) is 0 Å². The second-order valence-electron chi connectivity index (χ2n) is 5.89. The standard InChI is InChI=1S/C19H22F2N2O3.ClH/c1-22-18(10-11-25-15-8-9-16(20)17(21)12-15)13-4-6-14(7-5-13)26-19(24)23(2)3;/h4-9,12,18,22H,10-11H2,1-3H3;1H/t18-;/m1./s1. The topological polar surface area (TPSA) is 50.8 Å². The number of amides is 1. The molecule has 1 amide bonds. The molecule has 0 radical (unpaired) electrons. The van der Waals surface area contributed by atoms with Crippen molar-refractivity contribution in [2.75, 3.05) is 27.7 Å². The molecule has 0 aliphatic rings. The number of nitrogens with one attached hydrogen (secondary N) is 1. The van der Waals surface area contributed by atoms with Crippen LogP contribution in [0.3, 0.4) is 0 Å². The van der Waals surface area contributed by atoms with E-state index in [1.54, 1.807) is 26.2 Å². The minimum atomic E-state index is -0.935. The first-order chi connectivity index (χ1) is 12.4. The molecule has 8 heteroatoms. The van der Waals surface area contributed by atoms with E-state index in [0.29, 0.717) is 18.8 Å². The molecule has 27 heavy (non-hydrogen) atoms. The first-order valence-electron chi connectivity index (χ1n) is 8.15. The predicted octanol–water partition coefficient (Wildman–Crippen LogP) is 4.18. The van der Waals surface area contributed by atoms with Gasteiger partial charge in [-0.15, -0.1) is 12.4 Å². The summed E-state index contributed by atoms with van der Waals surface area (Å²) in [7, 11) is 5.05. The van der Waals surface area contributed by atoms with Crippen LogP contribution in [0.1, 0.15) is 18.0 Å². The van der Waals surface area contributed by atoms with Gasteiger partial charge in [0.15, 0.2) is 11.6 Å². The van der Waals surface area contributed by atoms with E-state index in [0.717, 1.165) is 17.7 Å². The van der Waals surface area contributed by atoms with Gasteiger partial charge in [-0.1, -0.05) is 12.1 Å². The van der Waals surface area contributed by atoms with Crippen molar-refractivity contribution < 1.29 is 23.0 Å². The van der Waals surface area contributed by atoms with Gasteiger partial charge in [-0.25, -0.2) is 13.6 Å². The molecule has 2 aromatic carbocycles. The van der Waals surface area contributed by atoms with Crippen molar-refractivity contribution in [2.24, 2.45) is 0 Å². The van der Waals surface area contributed by atoms with Crippen molar-refractivity contribution in [1.82, 2.24) is 10.2 Å². The smallest absolute Gasteiger partial charge is 0.414 e. The molecule has 0 aromatic heterocycles. The number of halogens is 3. The van der Waals surface area contributed by atoms with E-state index >= 15 is 0 Å². The lowest BCUT2D eigenvalue weighted by molar-refractivity contribution is 0.172. The summed E-state index contributed by atoms with van der Waals surface area (Å²) in [5, 5.41) is 3.17. The van der Waals surface area contributed by atoms with Gasteiger partial charge in [-0.2, -0.15) is 0 Å². The van der Waals surface area contributed by atoms with Crippen molar-refractivity contribution in [2.45, 2.75) is 12.5 Å². The third-order valence-corrected chi connectivity index (χ3v) is 3.77. The fourth-order valence-electron chi connectivity index (χ4n) is 2.30. The highest BCUT2D eigenvalue weighted by atomic mass is 35.5. The molecule has 0 heterocycles. The number of carbonyl (C=O) groups is 1. The van der Waals surface area contributed by atoms with E-state index in [1.807, 2.05) is 19.2 Å². The third-order valence-electron chi connectivity index (χ3n) is 3.77. The first-order valence-corrected chi connectivity index (χ1v) is 8.15. The largest absolute Gasteiger partial charge is 0.493 e. The van der Waals surface area contributed by atoms with Gasteiger partial charge in [0.05, 0.1) is 6.61 Å². The SMILES string of the molecule is CN[C@H](CCOc1ccc(F)c(F)c1)c1ccc(OC(=O)N(C)C)cc1.Cl. The normalized spacial score (nSPS) is 11.3. The molecule has 0 aliphatic carbocycles.